The molecule has 31 heavy (non-hydrogen) atoms. The van der Waals surface area contributed by atoms with Crippen LogP contribution in [-0.2, 0) is 4.79 Å². The normalized spacial score (nSPS) is 14.3. The molecule has 0 unspecified atom stereocenters. The number of likely N-dealkylation sites (N-methyl/N-ethyl adjacent to an activating group) is 1. The van der Waals surface area contributed by atoms with Crippen LogP contribution in [0, 0.1) is 0 Å². The van der Waals surface area contributed by atoms with Crippen LogP contribution in [-0.4, -0.2) is 67.1 Å². The standard InChI is InChI=1S/C23H26N4O3S/c1-26-12-14-27(15-13-26)22(29)18-4-3-5-19(16-18)24-23(31)25-21(28)11-8-17-6-9-20(30-2)10-7-17/h3-11,16H,12-15H2,1-2H3,(H2,24,25,28,31)/b11-8+. The fourth-order valence-corrected chi connectivity index (χ4v) is 3.34. The predicted molar refractivity (Wildman–Crippen MR) is 126 cm³/mol. The van der Waals surface area contributed by atoms with Gasteiger partial charge in [-0.05, 0) is 61.2 Å². The molecule has 0 aliphatic carbocycles. The molecule has 1 fully saturated rings. The number of benzene rings is 2. The largest absolute Gasteiger partial charge is 0.497 e. The monoisotopic (exact) mass is 438 g/mol. The van der Waals surface area contributed by atoms with Gasteiger partial charge in [0.25, 0.3) is 5.91 Å². The minimum atomic E-state index is -0.349. The molecule has 0 aromatic heterocycles. The molecule has 1 heterocycles. The molecule has 8 heteroatoms. The molecule has 2 aromatic rings. The molecular weight excluding hydrogens is 412 g/mol. The number of anilines is 1. The first-order valence-corrected chi connectivity index (χ1v) is 10.4. The molecule has 1 aliphatic rings. The van der Waals surface area contributed by atoms with Gasteiger partial charge in [-0.1, -0.05) is 18.2 Å². The number of amides is 2. The molecule has 2 amide bonds. The van der Waals surface area contributed by atoms with Gasteiger partial charge in [-0.3, -0.25) is 14.9 Å². The summed E-state index contributed by atoms with van der Waals surface area (Å²) in [5.41, 5.74) is 2.09. The molecule has 0 spiro atoms. The van der Waals surface area contributed by atoms with Crippen molar-refractivity contribution in [3.8, 4) is 5.75 Å². The van der Waals surface area contributed by atoms with Crippen molar-refractivity contribution in [1.29, 1.82) is 0 Å². The summed E-state index contributed by atoms with van der Waals surface area (Å²) in [7, 11) is 3.65. The maximum Gasteiger partial charge on any atom is 0.254 e. The number of hydrogen-bond donors (Lipinski definition) is 2. The number of ether oxygens (including phenoxy) is 1. The number of thiocarbonyl (C=S) groups is 1. The Morgan fingerprint density at radius 3 is 2.45 bits per heavy atom. The Balaban J connectivity index is 1.54. The molecule has 0 saturated carbocycles. The zero-order valence-electron chi connectivity index (χ0n) is 17.6. The lowest BCUT2D eigenvalue weighted by atomic mass is 10.1. The fourth-order valence-electron chi connectivity index (χ4n) is 3.12. The van der Waals surface area contributed by atoms with Crippen LogP contribution < -0.4 is 15.4 Å². The summed E-state index contributed by atoms with van der Waals surface area (Å²) >= 11 is 5.23. The molecule has 0 bridgehead atoms. The van der Waals surface area contributed by atoms with E-state index in [-0.39, 0.29) is 16.9 Å². The van der Waals surface area contributed by atoms with Crippen LogP contribution in [0.1, 0.15) is 15.9 Å². The summed E-state index contributed by atoms with van der Waals surface area (Å²) in [6, 6.07) is 14.5. The Bertz CT molecular complexity index is 967. The van der Waals surface area contributed by atoms with Crippen LogP contribution in [0.4, 0.5) is 5.69 Å². The highest BCUT2D eigenvalue weighted by Gasteiger charge is 2.20. The highest BCUT2D eigenvalue weighted by atomic mass is 32.1. The van der Waals surface area contributed by atoms with Crippen LogP contribution in [0.2, 0.25) is 0 Å². The third-order valence-electron chi connectivity index (χ3n) is 4.94. The highest BCUT2D eigenvalue weighted by molar-refractivity contribution is 7.80. The van der Waals surface area contributed by atoms with Crippen molar-refractivity contribution in [1.82, 2.24) is 15.1 Å². The van der Waals surface area contributed by atoms with E-state index in [9.17, 15) is 9.59 Å². The Morgan fingerprint density at radius 1 is 1.06 bits per heavy atom. The van der Waals surface area contributed by atoms with Crippen molar-refractivity contribution < 1.29 is 14.3 Å². The van der Waals surface area contributed by atoms with Crippen LogP contribution in [0.5, 0.6) is 5.75 Å². The summed E-state index contributed by atoms with van der Waals surface area (Å²) < 4.78 is 5.11. The van der Waals surface area contributed by atoms with Crippen LogP contribution in [0.25, 0.3) is 6.08 Å². The molecule has 162 valence electrons. The van der Waals surface area contributed by atoms with Gasteiger partial charge in [0, 0.05) is 43.5 Å². The average Bonchev–Trinajstić information content (AvgIpc) is 2.78. The Morgan fingerprint density at radius 2 is 1.77 bits per heavy atom. The quantitative estimate of drug-likeness (QED) is 0.552. The molecule has 3 rings (SSSR count). The molecular formula is C23H26N4O3S. The number of carbonyl (C=O) groups excluding carboxylic acids is 2. The zero-order chi connectivity index (χ0) is 22.2. The van der Waals surface area contributed by atoms with Crippen molar-refractivity contribution in [2.24, 2.45) is 0 Å². The SMILES string of the molecule is COc1ccc(/C=C/C(=O)NC(=S)Nc2cccc(C(=O)N3CCN(C)CC3)c2)cc1. The topological polar surface area (TPSA) is 73.9 Å². The van der Waals surface area contributed by atoms with Gasteiger partial charge in [0.15, 0.2) is 5.11 Å². The molecule has 2 aromatic carbocycles. The summed E-state index contributed by atoms with van der Waals surface area (Å²) in [5.74, 6) is 0.396. The maximum atomic E-state index is 12.7. The van der Waals surface area contributed by atoms with E-state index in [0.717, 1.165) is 24.4 Å². The maximum absolute atomic E-state index is 12.7. The van der Waals surface area contributed by atoms with Gasteiger partial charge in [0.2, 0.25) is 5.91 Å². The second-order valence-corrected chi connectivity index (χ2v) is 7.63. The zero-order valence-corrected chi connectivity index (χ0v) is 18.4. The number of nitrogens with zero attached hydrogens (tertiary/aromatic N) is 2. The minimum absolute atomic E-state index is 0.00544. The van der Waals surface area contributed by atoms with Crippen LogP contribution in [0.3, 0.4) is 0 Å². The van der Waals surface area contributed by atoms with Crippen LogP contribution >= 0.6 is 12.2 Å². The lowest BCUT2D eigenvalue weighted by molar-refractivity contribution is -0.115. The van der Waals surface area contributed by atoms with Gasteiger partial charge in [-0.15, -0.1) is 0 Å². The lowest BCUT2D eigenvalue weighted by Crippen LogP contribution is -2.47. The fraction of sp³-hybridized carbons (Fsp3) is 0.261. The van der Waals surface area contributed by atoms with E-state index in [1.54, 1.807) is 37.5 Å². The van der Waals surface area contributed by atoms with Crippen molar-refractivity contribution in [2.75, 3.05) is 45.7 Å². The third-order valence-corrected chi connectivity index (χ3v) is 5.14. The second-order valence-electron chi connectivity index (χ2n) is 7.23. The van der Waals surface area contributed by atoms with Crippen molar-refractivity contribution in [3.05, 3.63) is 65.7 Å². The van der Waals surface area contributed by atoms with Gasteiger partial charge in [-0.2, -0.15) is 0 Å². The number of methoxy groups -OCH3 is 1. The number of piperazine rings is 1. The van der Waals surface area contributed by atoms with Gasteiger partial charge < -0.3 is 19.9 Å². The van der Waals surface area contributed by atoms with Gasteiger partial charge >= 0.3 is 0 Å². The molecule has 0 atom stereocenters. The summed E-state index contributed by atoms with van der Waals surface area (Å²) in [4.78, 5) is 28.9. The van der Waals surface area contributed by atoms with E-state index in [2.05, 4.69) is 15.5 Å². The average molecular weight is 439 g/mol. The highest BCUT2D eigenvalue weighted by Crippen LogP contribution is 2.14. The van der Waals surface area contributed by atoms with E-state index in [1.165, 1.54) is 6.08 Å². The summed E-state index contributed by atoms with van der Waals surface area (Å²) in [5, 5.41) is 5.73. The first kappa shape index (κ1) is 22.5. The Hall–Kier alpha value is -3.23. The van der Waals surface area contributed by atoms with E-state index in [0.29, 0.717) is 24.3 Å². The molecule has 1 saturated heterocycles. The van der Waals surface area contributed by atoms with E-state index in [1.807, 2.05) is 36.2 Å². The molecule has 0 radical (unpaired) electrons. The minimum Gasteiger partial charge on any atom is -0.497 e. The Kier molecular flexibility index (Phi) is 7.75. The summed E-state index contributed by atoms with van der Waals surface area (Å²) in [6.07, 6.45) is 3.09. The van der Waals surface area contributed by atoms with Gasteiger partial charge in [0.05, 0.1) is 7.11 Å². The van der Waals surface area contributed by atoms with Gasteiger partial charge in [0.1, 0.15) is 5.75 Å². The van der Waals surface area contributed by atoms with Crippen molar-refractivity contribution in [2.45, 2.75) is 0 Å². The second kappa shape index (κ2) is 10.7. The van der Waals surface area contributed by atoms with E-state index < -0.39 is 0 Å². The first-order valence-electron chi connectivity index (χ1n) is 9.96. The van der Waals surface area contributed by atoms with Crippen molar-refractivity contribution >= 4 is 40.9 Å². The number of hydrogen-bond acceptors (Lipinski definition) is 5. The third kappa shape index (κ3) is 6.63. The molecule has 1 aliphatic heterocycles. The lowest BCUT2D eigenvalue weighted by Gasteiger charge is -2.32. The Labute approximate surface area is 187 Å². The number of carbonyl (C=O) groups is 2. The van der Waals surface area contributed by atoms with E-state index >= 15 is 0 Å². The van der Waals surface area contributed by atoms with Gasteiger partial charge in [-0.25, -0.2) is 0 Å². The predicted octanol–water partition coefficient (Wildman–Crippen LogP) is 2.61. The number of nitrogens with one attached hydrogen (secondary N) is 2. The summed E-state index contributed by atoms with van der Waals surface area (Å²) in [6.45, 7) is 3.15. The smallest absolute Gasteiger partial charge is 0.254 e. The van der Waals surface area contributed by atoms with E-state index in [4.69, 9.17) is 17.0 Å². The van der Waals surface area contributed by atoms with Crippen molar-refractivity contribution in [3.63, 3.8) is 0 Å². The first-order chi connectivity index (χ1) is 14.9. The van der Waals surface area contributed by atoms with Crippen LogP contribution in [0.15, 0.2) is 54.6 Å². The molecule has 2 N–H and O–H groups in total. The molecule has 7 nitrogen and oxygen atoms in total. The number of rotatable bonds is 5.